The van der Waals surface area contributed by atoms with Crippen molar-refractivity contribution in [3.63, 3.8) is 0 Å². The standard InChI is InChI=1S/C23H25N5O3/c1-13(2)20-10-18(19-12-25-28(14(3)4)21(19)27-20)23(30)31-15(5)22(29)26-17-8-6-7-16(9-17)11-24/h6-10,12-15H,1-5H3,(H,26,29)/t15-/m0/s1. The molecule has 31 heavy (non-hydrogen) atoms. The third-order valence-corrected chi connectivity index (χ3v) is 4.80. The van der Waals surface area contributed by atoms with Crippen molar-refractivity contribution in [2.75, 3.05) is 5.32 Å². The van der Waals surface area contributed by atoms with Gasteiger partial charge in [0.2, 0.25) is 0 Å². The minimum absolute atomic E-state index is 0.0742. The third-order valence-electron chi connectivity index (χ3n) is 4.80. The number of nitriles is 1. The summed E-state index contributed by atoms with van der Waals surface area (Å²) >= 11 is 0. The number of aromatic nitrogens is 3. The van der Waals surface area contributed by atoms with Crippen LogP contribution in [0.5, 0.6) is 0 Å². The first-order chi connectivity index (χ1) is 14.7. The van der Waals surface area contributed by atoms with Crippen molar-refractivity contribution in [3.05, 3.63) is 53.3 Å². The molecule has 8 nitrogen and oxygen atoms in total. The number of nitrogens with one attached hydrogen (secondary N) is 1. The lowest BCUT2D eigenvalue weighted by molar-refractivity contribution is -0.123. The lowest BCUT2D eigenvalue weighted by atomic mass is 10.1. The summed E-state index contributed by atoms with van der Waals surface area (Å²) in [4.78, 5) is 30.2. The first-order valence-electron chi connectivity index (χ1n) is 10.1. The molecule has 2 aromatic heterocycles. The molecular weight excluding hydrogens is 394 g/mol. The highest BCUT2D eigenvalue weighted by Crippen LogP contribution is 2.25. The summed E-state index contributed by atoms with van der Waals surface area (Å²) in [6.45, 7) is 9.46. The summed E-state index contributed by atoms with van der Waals surface area (Å²) < 4.78 is 7.22. The normalized spacial score (nSPS) is 12.1. The maximum atomic E-state index is 13.0. The minimum atomic E-state index is -1.04. The number of rotatable bonds is 6. The zero-order chi connectivity index (χ0) is 22.7. The summed E-state index contributed by atoms with van der Waals surface area (Å²) in [7, 11) is 0. The Labute approximate surface area is 180 Å². The second-order valence-electron chi connectivity index (χ2n) is 7.90. The molecule has 0 saturated carbocycles. The molecular formula is C23H25N5O3. The Hall–Kier alpha value is -3.73. The van der Waals surface area contributed by atoms with Crippen LogP contribution in [0.4, 0.5) is 5.69 Å². The molecule has 160 valence electrons. The lowest BCUT2D eigenvalue weighted by Crippen LogP contribution is -2.30. The number of carbonyl (C=O) groups is 2. The number of fused-ring (bicyclic) bond motifs is 1. The molecule has 0 aliphatic heterocycles. The lowest BCUT2D eigenvalue weighted by Gasteiger charge is -2.15. The molecule has 2 heterocycles. The van der Waals surface area contributed by atoms with Crippen molar-refractivity contribution >= 4 is 28.6 Å². The van der Waals surface area contributed by atoms with E-state index in [0.717, 1.165) is 5.69 Å². The second kappa shape index (κ2) is 8.96. The Balaban J connectivity index is 1.85. The van der Waals surface area contributed by atoms with Crippen LogP contribution >= 0.6 is 0 Å². The molecule has 0 aliphatic carbocycles. The highest BCUT2D eigenvalue weighted by Gasteiger charge is 2.24. The van der Waals surface area contributed by atoms with Crippen molar-refractivity contribution in [3.8, 4) is 6.07 Å². The largest absolute Gasteiger partial charge is 0.449 e. The van der Waals surface area contributed by atoms with Gasteiger partial charge in [-0.2, -0.15) is 10.4 Å². The van der Waals surface area contributed by atoms with Crippen LogP contribution in [0, 0.1) is 11.3 Å². The van der Waals surface area contributed by atoms with Crippen LogP contribution in [0.1, 0.15) is 68.2 Å². The van der Waals surface area contributed by atoms with E-state index in [9.17, 15) is 9.59 Å². The fourth-order valence-electron chi connectivity index (χ4n) is 3.07. The molecule has 1 atom stereocenters. The monoisotopic (exact) mass is 419 g/mol. The maximum absolute atomic E-state index is 13.0. The van der Waals surface area contributed by atoms with Crippen LogP contribution in [0.15, 0.2) is 36.5 Å². The minimum Gasteiger partial charge on any atom is -0.449 e. The van der Waals surface area contributed by atoms with Crippen LogP contribution in [0.25, 0.3) is 11.0 Å². The van der Waals surface area contributed by atoms with Crippen LogP contribution in [0.3, 0.4) is 0 Å². The highest BCUT2D eigenvalue weighted by molar-refractivity contribution is 6.04. The maximum Gasteiger partial charge on any atom is 0.339 e. The fourth-order valence-corrected chi connectivity index (χ4v) is 3.07. The molecule has 1 N–H and O–H groups in total. The third kappa shape index (κ3) is 4.72. The summed E-state index contributed by atoms with van der Waals surface area (Å²) in [5, 5.41) is 16.6. The molecule has 1 amide bonds. The molecule has 1 aromatic carbocycles. The average Bonchev–Trinajstić information content (AvgIpc) is 3.17. The van der Waals surface area contributed by atoms with E-state index in [1.54, 1.807) is 41.2 Å². The molecule has 0 radical (unpaired) electrons. The van der Waals surface area contributed by atoms with Gasteiger partial charge >= 0.3 is 5.97 Å². The van der Waals surface area contributed by atoms with Gasteiger partial charge in [0, 0.05) is 17.4 Å². The molecule has 3 aromatic rings. The Kier molecular flexibility index (Phi) is 6.35. The van der Waals surface area contributed by atoms with Crippen molar-refractivity contribution < 1.29 is 14.3 Å². The van der Waals surface area contributed by atoms with E-state index < -0.39 is 18.0 Å². The number of ether oxygens (including phenoxy) is 1. The van der Waals surface area contributed by atoms with Crippen LogP contribution in [-0.2, 0) is 9.53 Å². The van der Waals surface area contributed by atoms with Gasteiger partial charge < -0.3 is 10.1 Å². The van der Waals surface area contributed by atoms with Gasteiger partial charge in [-0.3, -0.25) is 4.79 Å². The van der Waals surface area contributed by atoms with Gasteiger partial charge in [0.25, 0.3) is 5.91 Å². The summed E-state index contributed by atoms with van der Waals surface area (Å²) in [5.41, 5.74) is 2.56. The summed E-state index contributed by atoms with van der Waals surface area (Å²) in [6.07, 6.45) is 0.561. The van der Waals surface area contributed by atoms with E-state index in [1.807, 2.05) is 33.8 Å². The number of benzene rings is 1. The van der Waals surface area contributed by atoms with Crippen molar-refractivity contribution in [2.45, 2.75) is 52.7 Å². The van der Waals surface area contributed by atoms with E-state index >= 15 is 0 Å². The average molecular weight is 419 g/mol. The van der Waals surface area contributed by atoms with Gasteiger partial charge in [0.15, 0.2) is 11.8 Å². The van der Waals surface area contributed by atoms with Crippen molar-refractivity contribution in [1.82, 2.24) is 14.8 Å². The van der Waals surface area contributed by atoms with Crippen LogP contribution in [0.2, 0.25) is 0 Å². The Morgan fingerprint density at radius 2 is 1.90 bits per heavy atom. The number of esters is 1. The van der Waals surface area contributed by atoms with Gasteiger partial charge in [0.1, 0.15) is 0 Å². The van der Waals surface area contributed by atoms with E-state index in [4.69, 9.17) is 10.00 Å². The van der Waals surface area contributed by atoms with Gasteiger partial charge in [-0.05, 0) is 51.0 Å². The van der Waals surface area contributed by atoms with Crippen molar-refractivity contribution in [1.29, 1.82) is 5.26 Å². The Morgan fingerprint density at radius 3 is 2.55 bits per heavy atom. The fraction of sp³-hybridized carbons (Fsp3) is 0.348. The second-order valence-corrected chi connectivity index (χ2v) is 7.90. The molecule has 0 aliphatic rings. The predicted molar refractivity (Wildman–Crippen MR) is 117 cm³/mol. The zero-order valence-electron chi connectivity index (χ0n) is 18.2. The molecule has 8 heteroatoms. The molecule has 0 spiro atoms. The van der Waals surface area contributed by atoms with Gasteiger partial charge in [-0.25, -0.2) is 14.5 Å². The van der Waals surface area contributed by atoms with E-state index in [0.29, 0.717) is 27.8 Å². The number of amides is 1. The highest BCUT2D eigenvalue weighted by atomic mass is 16.5. The van der Waals surface area contributed by atoms with E-state index in [1.165, 1.54) is 6.92 Å². The predicted octanol–water partition coefficient (Wildman–Crippen LogP) is 4.19. The Bertz CT molecular complexity index is 1170. The molecule has 0 bridgehead atoms. The van der Waals surface area contributed by atoms with Gasteiger partial charge in [-0.1, -0.05) is 19.9 Å². The topological polar surface area (TPSA) is 110 Å². The number of anilines is 1. The van der Waals surface area contributed by atoms with Crippen molar-refractivity contribution in [2.24, 2.45) is 0 Å². The number of carbonyl (C=O) groups excluding carboxylic acids is 2. The number of hydrogen-bond acceptors (Lipinski definition) is 6. The summed E-state index contributed by atoms with van der Waals surface area (Å²) in [6, 6.07) is 10.3. The number of hydrogen-bond donors (Lipinski definition) is 1. The smallest absolute Gasteiger partial charge is 0.339 e. The number of pyridine rings is 1. The first kappa shape index (κ1) is 22.0. The number of nitrogens with zero attached hydrogens (tertiary/aromatic N) is 4. The zero-order valence-corrected chi connectivity index (χ0v) is 18.2. The van der Waals surface area contributed by atoms with Gasteiger partial charge in [0.05, 0.1) is 28.8 Å². The Morgan fingerprint density at radius 1 is 1.16 bits per heavy atom. The SMILES string of the molecule is CC(C)c1cc(C(=O)O[C@@H](C)C(=O)Nc2cccc(C#N)c2)c2cnn(C(C)C)c2n1. The molecule has 0 saturated heterocycles. The van der Waals surface area contributed by atoms with Gasteiger partial charge in [-0.15, -0.1) is 0 Å². The molecule has 0 fully saturated rings. The quantitative estimate of drug-likeness (QED) is 0.600. The molecule has 3 rings (SSSR count). The first-order valence-corrected chi connectivity index (χ1v) is 10.1. The van der Waals surface area contributed by atoms with Crippen LogP contribution in [-0.4, -0.2) is 32.7 Å². The van der Waals surface area contributed by atoms with E-state index in [2.05, 4.69) is 15.4 Å². The van der Waals surface area contributed by atoms with E-state index in [-0.39, 0.29) is 12.0 Å². The summed E-state index contributed by atoms with van der Waals surface area (Å²) in [5.74, 6) is -1.01. The molecule has 0 unspecified atom stereocenters. The van der Waals surface area contributed by atoms with Crippen LogP contribution < -0.4 is 5.32 Å².